The Morgan fingerprint density at radius 1 is 1.00 bits per heavy atom. The van der Waals surface area contributed by atoms with Crippen LogP contribution in [0.1, 0.15) is 89.2 Å². The van der Waals surface area contributed by atoms with E-state index < -0.39 is 17.8 Å². The first-order valence-corrected chi connectivity index (χ1v) is 11.9. The molecular weight excluding hydrogens is 389 g/mol. The second-order valence-electron chi connectivity index (χ2n) is 9.09. The standard InChI is InChI=1S/C25H37F3O2/c1-3-5-17-6-8-18(9-7-17)20-11-14-21(30-16-20)13-10-19-12-15-22(29-4-2)24(26)23(19)25(27)28/h12,15,17-18,20-21,25H,3-11,13-14,16H2,1-2H3. The van der Waals surface area contributed by atoms with E-state index in [0.717, 1.165) is 31.3 Å². The minimum atomic E-state index is -2.85. The van der Waals surface area contributed by atoms with Crippen molar-refractivity contribution < 1.29 is 22.6 Å². The maximum atomic E-state index is 14.4. The van der Waals surface area contributed by atoms with Crippen molar-refractivity contribution in [3.05, 3.63) is 29.1 Å². The highest BCUT2D eigenvalue weighted by Crippen LogP contribution is 2.39. The highest BCUT2D eigenvalue weighted by atomic mass is 19.3. The fourth-order valence-electron chi connectivity index (χ4n) is 5.43. The van der Waals surface area contributed by atoms with Gasteiger partial charge >= 0.3 is 0 Å². The molecule has 2 atom stereocenters. The van der Waals surface area contributed by atoms with Crippen LogP contribution in [0, 0.1) is 23.6 Å². The Balaban J connectivity index is 1.49. The largest absolute Gasteiger partial charge is 0.491 e. The molecule has 0 aromatic heterocycles. The van der Waals surface area contributed by atoms with Crippen molar-refractivity contribution in [1.82, 2.24) is 0 Å². The van der Waals surface area contributed by atoms with Gasteiger partial charge in [0.2, 0.25) is 0 Å². The molecule has 1 heterocycles. The van der Waals surface area contributed by atoms with Crippen molar-refractivity contribution in [3.8, 4) is 5.75 Å². The summed E-state index contributed by atoms with van der Waals surface area (Å²) < 4.78 is 52.7. The van der Waals surface area contributed by atoms with E-state index in [0.29, 0.717) is 24.3 Å². The lowest BCUT2D eigenvalue weighted by molar-refractivity contribution is -0.0418. The molecule has 1 aliphatic carbocycles. The zero-order valence-electron chi connectivity index (χ0n) is 18.5. The summed E-state index contributed by atoms with van der Waals surface area (Å²) in [4.78, 5) is 0. The molecule has 170 valence electrons. The molecule has 5 heteroatoms. The van der Waals surface area contributed by atoms with Gasteiger partial charge in [-0.25, -0.2) is 13.2 Å². The molecule has 1 saturated carbocycles. The summed E-state index contributed by atoms with van der Waals surface area (Å²) in [6.45, 7) is 5.01. The Labute approximate surface area is 179 Å². The highest BCUT2D eigenvalue weighted by Gasteiger charge is 2.31. The number of alkyl halides is 2. The molecular formula is C25H37F3O2. The fraction of sp³-hybridized carbons (Fsp3) is 0.760. The first-order chi connectivity index (χ1) is 14.5. The molecule has 1 aromatic carbocycles. The number of aryl methyl sites for hydroxylation is 1. The van der Waals surface area contributed by atoms with Gasteiger partial charge in [0.25, 0.3) is 6.43 Å². The third-order valence-electron chi connectivity index (χ3n) is 7.15. The van der Waals surface area contributed by atoms with Gasteiger partial charge in [-0.15, -0.1) is 0 Å². The average molecular weight is 427 g/mol. The molecule has 1 aromatic rings. The predicted octanol–water partition coefficient (Wildman–Crippen LogP) is 7.50. The first kappa shape index (κ1) is 23.4. The summed E-state index contributed by atoms with van der Waals surface area (Å²) in [6.07, 6.45) is 8.45. The number of ether oxygens (including phenoxy) is 2. The summed E-state index contributed by atoms with van der Waals surface area (Å²) in [6, 6.07) is 3.04. The van der Waals surface area contributed by atoms with E-state index in [1.54, 1.807) is 13.0 Å². The van der Waals surface area contributed by atoms with Crippen LogP contribution < -0.4 is 4.74 Å². The smallest absolute Gasteiger partial charge is 0.267 e. The maximum absolute atomic E-state index is 14.4. The van der Waals surface area contributed by atoms with E-state index in [9.17, 15) is 13.2 Å². The number of halogens is 3. The third-order valence-corrected chi connectivity index (χ3v) is 7.15. The van der Waals surface area contributed by atoms with E-state index in [4.69, 9.17) is 9.47 Å². The van der Waals surface area contributed by atoms with Gasteiger partial charge in [-0.1, -0.05) is 38.7 Å². The fourth-order valence-corrected chi connectivity index (χ4v) is 5.43. The summed E-state index contributed by atoms with van der Waals surface area (Å²) in [5, 5.41) is 0. The third kappa shape index (κ3) is 5.93. The zero-order chi connectivity index (χ0) is 21.5. The summed E-state index contributed by atoms with van der Waals surface area (Å²) in [5.41, 5.74) is -0.149. The molecule has 1 saturated heterocycles. The van der Waals surface area contributed by atoms with Crippen LogP contribution >= 0.6 is 0 Å². The molecule has 3 rings (SSSR count). The van der Waals surface area contributed by atoms with Crippen LogP contribution in [-0.2, 0) is 11.2 Å². The molecule has 30 heavy (non-hydrogen) atoms. The molecule has 2 fully saturated rings. The van der Waals surface area contributed by atoms with Crippen LogP contribution in [0.3, 0.4) is 0 Å². The summed E-state index contributed by atoms with van der Waals surface area (Å²) in [5.74, 6) is 1.32. The van der Waals surface area contributed by atoms with E-state index in [1.807, 2.05) is 0 Å². The van der Waals surface area contributed by atoms with Crippen LogP contribution in [0.25, 0.3) is 0 Å². The van der Waals surface area contributed by atoms with Crippen molar-refractivity contribution in [2.75, 3.05) is 13.2 Å². The predicted molar refractivity (Wildman–Crippen MR) is 114 cm³/mol. The second kappa shape index (κ2) is 11.4. The van der Waals surface area contributed by atoms with E-state index in [1.165, 1.54) is 44.6 Å². The second-order valence-corrected chi connectivity index (χ2v) is 9.09. The Hall–Kier alpha value is -1.23. The molecule has 2 nitrogen and oxygen atoms in total. The van der Waals surface area contributed by atoms with Gasteiger partial charge in [0.15, 0.2) is 11.6 Å². The van der Waals surface area contributed by atoms with E-state index in [2.05, 4.69) is 6.92 Å². The number of hydrogen-bond acceptors (Lipinski definition) is 2. The lowest BCUT2D eigenvalue weighted by Gasteiger charge is -2.38. The summed E-state index contributed by atoms with van der Waals surface area (Å²) in [7, 11) is 0. The minimum Gasteiger partial charge on any atom is -0.491 e. The van der Waals surface area contributed by atoms with Crippen molar-refractivity contribution in [2.45, 2.75) is 90.6 Å². The first-order valence-electron chi connectivity index (χ1n) is 11.9. The van der Waals surface area contributed by atoms with E-state index >= 15 is 0 Å². The molecule has 0 bridgehead atoms. The van der Waals surface area contributed by atoms with Crippen LogP contribution in [0.5, 0.6) is 5.75 Å². The van der Waals surface area contributed by atoms with Gasteiger partial charge in [-0.2, -0.15) is 0 Å². The molecule has 0 amide bonds. The van der Waals surface area contributed by atoms with Crippen molar-refractivity contribution in [1.29, 1.82) is 0 Å². The molecule has 2 unspecified atom stereocenters. The van der Waals surface area contributed by atoms with Crippen molar-refractivity contribution >= 4 is 0 Å². The average Bonchev–Trinajstić information content (AvgIpc) is 2.75. The Bertz CT molecular complexity index is 648. The normalized spacial score (nSPS) is 27.4. The van der Waals surface area contributed by atoms with Gasteiger partial charge in [0, 0.05) is 0 Å². The molecule has 0 radical (unpaired) electrons. The van der Waals surface area contributed by atoms with Gasteiger partial charge in [-0.05, 0) is 74.8 Å². The van der Waals surface area contributed by atoms with Gasteiger partial charge < -0.3 is 9.47 Å². The topological polar surface area (TPSA) is 18.5 Å². The molecule has 0 spiro atoms. The lowest BCUT2D eigenvalue weighted by atomic mass is 9.73. The quantitative estimate of drug-likeness (QED) is 0.407. The maximum Gasteiger partial charge on any atom is 0.267 e. The van der Waals surface area contributed by atoms with Gasteiger partial charge in [0.1, 0.15) is 0 Å². The Morgan fingerprint density at radius 3 is 2.33 bits per heavy atom. The monoisotopic (exact) mass is 426 g/mol. The lowest BCUT2D eigenvalue weighted by Crippen LogP contribution is -2.32. The molecule has 2 aliphatic rings. The Morgan fingerprint density at radius 2 is 1.73 bits per heavy atom. The molecule has 0 N–H and O–H groups in total. The van der Waals surface area contributed by atoms with Crippen LogP contribution in [0.2, 0.25) is 0 Å². The van der Waals surface area contributed by atoms with Crippen LogP contribution in [-0.4, -0.2) is 19.3 Å². The van der Waals surface area contributed by atoms with Gasteiger partial charge in [0.05, 0.1) is 24.9 Å². The Kier molecular flexibility index (Phi) is 8.91. The summed E-state index contributed by atoms with van der Waals surface area (Å²) >= 11 is 0. The number of benzene rings is 1. The molecule has 1 aliphatic heterocycles. The highest BCUT2D eigenvalue weighted by molar-refractivity contribution is 5.38. The number of hydrogen-bond donors (Lipinski definition) is 0. The SMILES string of the molecule is CCCC1CCC(C2CCC(CCc3ccc(OCC)c(F)c3C(F)F)OC2)CC1. The minimum absolute atomic E-state index is 0.0813. The van der Waals surface area contributed by atoms with Crippen molar-refractivity contribution in [3.63, 3.8) is 0 Å². The van der Waals surface area contributed by atoms with E-state index in [-0.39, 0.29) is 18.5 Å². The van der Waals surface area contributed by atoms with Gasteiger partial charge in [-0.3, -0.25) is 0 Å². The zero-order valence-corrected chi connectivity index (χ0v) is 18.5. The number of rotatable bonds is 9. The van der Waals surface area contributed by atoms with Crippen molar-refractivity contribution in [2.24, 2.45) is 17.8 Å². The van der Waals surface area contributed by atoms with Crippen LogP contribution in [0.4, 0.5) is 13.2 Å². The van der Waals surface area contributed by atoms with Crippen LogP contribution in [0.15, 0.2) is 12.1 Å².